The number of rotatable bonds is 8. The molecule has 0 spiro atoms. The van der Waals surface area contributed by atoms with Crippen molar-refractivity contribution in [1.29, 1.82) is 0 Å². The highest BCUT2D eigenvalue weighted by molar-refractivity contribution is 9.10. The molecule has 0 radical (unpaired) electrons. The summed E-state index contributed by atoms with van der Waals surface area (Å²) in [6.45, 7) is -1.73. The third-order valence-electron chi connectivity index (χ3n) is 5.14. The van der Waals surface area contributed by atoms with Gasteiger partial charge in [-0.05, 0) is 22.0 Å². The molecular formula is C21H14BrF5N6O4. The minimum absolute atomic E-state index is 0.0262. The van der Waals surface area contributed by atoms with Crippen LogP contribution in [0.4, 0.5) is 27.8 Å². The zero-order valence-corrected chi connectivity index (χ0v) is 19.8. The minimum atomic E-state index is -5.57. The highest BCUT2D eigenvalue weighted by Gasteiger charge is 2.60. The normalized spacial score (nSPS) is 13.4. The highest BCUT2D eigenvalue weighted by atomic mass is 79.9. The van der Waals surface area contributed by atoms with Crippen molar-refractivity contribution in [2.75, 3.05) is 11.9 Å². The molecule has 194 valence electrons. The number of aliphatic hydroxyl groups is 1. The summed E-state index contributed by atoms with van der Waals surface area (Å²) >= 11 is 3.33. The van der Waals surface area contributed by atoms with Crippen LogP contribution in [-0.4, -0.2) is 59.4 Å². The van der Waals surface area contributed by atoms with E-state index in [-0.39, 0.29) is 33.8 Å². The van der Waals surface area contributed by atoms with Gasteiger partial charge in [0.25, 0.3) is 5.60 Å². The van der Waals surface area contributed by atoms with Crippen LogP contribution in [0.5, 0.6) is 0 Å². The third-order valence-corrected chi connectivity index (χ3v) is 5.89. The second-order valence-corrected chi connectivity index (χ2v) is 8.34. The Kier molecular flexibility index (Phi) is 6.96. The van der Waals surface area contributed by atoms with Crippen molar-refractivity contribution in [3.8, 4) is 22.9 Å². The Morgan fingerprint density at radius 2 is 1.89 bits per heavy atom. The first kappa shape index (κ1) is 26.2. The first-order chi connectivity index (χ1) is 17.4. The fourth-order valence-corrected chi connectivity index (χ4v) is 3.84. The summed E-state index contributed by atoms with van der Waals surface area (Å²) in [6, 6.07) is 7.40. The molecular weight excluding hydrogens is 575 g/mol. The zero-order valence-electron chi connectivity index (χ0n) is 18.2. The van der Waals surface area contributed by atoms with Crippen molar-refractivity contribution in [2.45, 2.75) is 18.3 Å². The molecule has 3 heterocycles. The fourth-order valence-electron chi connectivity index (χ4n) is 3.18. The second kappa shape index (κ2) is 9.85. The van der Waals surface area contributed by atoms with Crippen LogP contribution >= 0.6 is 15.9 Å². The lowest BCUT2D eigenvalue weighted by molar-refractivity contribution is -0.255. The molecule has 0 aliphatic heterocycles. The number of carboxylic acid groups (broad SMARTS) is 1. The molecule has 16 heteroatoms. The smallest absolute Gasteiger partial charge is 0.429 e. The summed E-state index contributed by atoms with van der Waals surface area (Å²) in [7, 11) is 0. The summed E-state index contributed by atoms with van der Waals surface area (Å²) < 4.78 is 74.3. The zero-order chi connectivity index (χ0) is 27.0. The highest BCUT2D eigenvalue weighted by Crippen LogP contribution is 2.36. The molecule has 0 aliphatic carbocycles. The van der Waals surface area contributed by atoms with Gasteiger partial charge >= 0.3 is 12.1 Å². The lowest BCUT2D eigenvalue weighted by atomic mass is 10.0. The van der Waals surface area contributed by atoms with E-state index in [2.05, 4.69) is 36.2 Å². The van der Waals surface area contributed by atoms with E-state index in [0.717, 1.165) is 0 Å². The lowest BCUT2D eigenvalue weighted by Gasteiger charge is -2.26. The molecule has 0 fully saturated rings. The van der Waals surface area contributed by atoms with E-state index >= 15 is 0 Å². The van der Waals surface area contributed by atoms with Gasteiger partial charge in [0.05, 0.1) is 23.8 Å². The fraction of sp³-hybridized carbons (Fsp3) is 0.190. The Hall–Kier alpha value is -3.92. The Bertz CT molecular complexity index is 1450. The van der Waals surface area contributed by atoms with Gasteiger partial charge in [0.15, 0.2) is 17.5 Å². The van der Waals surface area contributed by atoms with Crippen LogP contribution in [-0.2, 0) is 11.3 Å². The van der Waals surface area contributed by atoms with E-state index in [9.17, 15) is 31.9 Å². The molecule has 1 unspecified atom stereocenters. The molecule has 4 rings (SSSR count). The number of anilines is 1. The number of aliphatic carboxylic acids is 1. The number of hydrogen-bond donors (Lipinski definition) is 3. The number of hydrogen-bond acceptors (Lipinski definition) is 8. The van der Waals surface area contributed by atoms with E-state index in [0.29, 0.717) is 11.9 Å². The first-order valence-corrected chi connectivity index (χ1v) is 10.9. The average molecular weight is 589 g/mol. The van der Waals surface area contributed by atoms with Crippen molar-refractivity contribution in [3.05, 3.63) is 64.5 Å². The minimum Gasteiger partial charge on any atom is -0.479 e. The predicted molar refractivity (Wildman–Crippen MR) is 119 cm³/mol. The molecule has 1 atom stereocenters. The number of benzene rings is 1. The van der Waals surface area contributed by atoms with Crippen LogP contribution in [0, 0.1) is 11.6 Å². The molecule has 0 saturated heterocycles. The second-order valence-electron chi connectivity index (χ2n) is 7.55. The number of aromatic nitrogens is 5. The third kappa shape index (κ3) is 5.01. The molecule has 4 aromatic rings. The van der Waals surface area contributed by atoms with E-state index in [4.69, 9.17) is 9.63 Å². The van der Waals surface area contributed by atoms with Crippen LogP contribution < -0.4 is 5.32 Å². The Morgan fingerprint density at radius 3 is 2.51 bits per heavy atom. The van der Waals surface area contributed by atoms with Gasteiger partial charge in [0.2, 0.25) is 0 Å². The van der Waals surface area contributed by atoms with E-state index < -0.39 is 41.7 Å². The lowest BCUT2D eigenvalue weighted by Crippen LogP contribution is -2.56. The van der Waals surface area contributed by atoms with Crippen molar-refractivity contribution in [1.82, 2.24) is 24.9 Å². The number of alkyl halides is 3. The summed E-state index contributed by atoms with van der Waals surface area (Å²) in [6.07, 6.45) is -3.67. The van der Waals surface area contributed by atoms with Crippen LogP contribution in [0.2, 0.25) is 0 Å². The Labute approximate surface area is 211 Å². The van der Waals surface area contributed by atoms with Crippen LogP contribution in [0.3, 0.4) is 0 Å². The van der Waals surface area contributed by atoms with Gasteiger partial charge < -0.3 is 20.1 Å². The molecule has 3 N–H and O–H groups in total. The molecule has 10 nitrogen and oxygen atoms in total. The number of nitrogens with one attached hydrogen (secondary N) is 1. The maximum absolute atomic E-state index is 14.3. The molecule has 0 amide bonds. The molecule has 0 bridgehead atoms. The summed E-state index contributed by atoms with van der Waals surface area (Å²) in [5.74, 6) is -5.45. The van der Waals surface area contributed by atoms with Gasteiger partial charge in [0.1, 0.15) is 29.2 Å². The summed E-state index contributed by atoms with van der Waals surface area (Å²) in [4.78, 5) is 18.7. The number of carboxylic acids is 1. The van der Waals surface area contributed by atoms with Crippen molar-refractivity contribution in [2.24, 2.45) is 0 Å². The van der Waals surface area contributed by atoms with Gasteiger partial charge in [-0.25, -0.2) is 23.5 Å². The Morgan fingerprint density at radius 1 is 1.16 bits per heavy atom. The molecule has 1 aromatic carbocycles. The maximum Gasteiger partial charge on any atom is 0.429 e. The Balaban J connectivity index is 1.74. The van der Waals surface area contributed by atoms with Crippen molar-refractivity contribution in [3.63, 3.8) is 0 Å². The van der Waals surface area contributed by atoms with Gasteiger partial charge in [-0.15, -0.1) is 0 Å². The molecule has 0 aliphatic rings. The van der Waals surface area contributed by atoms with Gasteiger partial charge in [-0.3, -0.25) is 4.68 Å². The van der Waals surface area contributed by atoms with Gasteiger partial charge in [0, 0.05) is 11.6 Å². The number of halogens is 6. The number of nitrogens with zero attached hydrogens (tertiary/aromatic N) is 5. The largest absolute Gasteiger partial charge is 0.479 e. The van der Waals surface area contributed by atoms with Gasteiger partial charge in [-0.1, -0.05) is 23.4 Å². The number of carbonyl (C=O) groups is 1. The maximum atomic E-state index is 14.3. The summed E-state index contributed by atoms with van der Waals surface area (Å²) in [5.41, 5.74) is -3.41. The molecule has 37 heavy (non-hydrogen) atoms. The average Bonchev–Trinajstić information content (AvgIpc) is 3.46. The quantitative estimate of drug-likeness (QED) is 0.262. The van der Waals surface area contributed by atoms with E-state index in [1.165, 1.54) is 35.2 Å². The van der Waals surface area contributed by atoms with Crippen LogP contribution in [0.1, 0.15) is 5.56 Å². The molecule has 0 saturated carbocycles. The van der Waals surface area contributed by atoms with Gasteiger partial charge in [-0.2, -0.15) is 18.3 Å². The van der Waals surface area contributed by atoms with E-state index in [1.807, 2.05) is 5.32 Å². The standard InChI is InChI=1S/C21H14BrF5N6O4/c22-14-15(18-28-7-12(24)17(30-18)29-9-20(36,19(34)35)21(25,26)27)31-33(16(14)13-5-6-37-32-13)8-10-3-1-2-4-11(10)23/h1-7,36H,8-9H2,(H,34,35)(H,28,29,30). The monoisotopic (exact) mass is 588 g/mol. The SMILES string of the molecule is O=C(O)C(O)(CNc1nc(-c2nn(Cc3ccccc3F)c(-c3ccon3)c2Br)ncc1F)C(F)(F)F. The summed E-state index contributed by atoms with van der Waals surface area (Å²) in [5, 5.41) is 28.5. The van der Waals surface area contributed by atoms with Crippen molar-refractivity contribution < 1.29 is 41.5 Å². The van der Waals surface area contributed by atoms with Crippen molar-refractivity contribution >= 4 is 27.7 Å². The predicted octanol–water partition coefficient (Wildman–Crippen LogP) is 3.87. The van der Waals surface area contributed by atoms with Crippen LogP contribution in [0.25, 0.3) is 22.9 Å². The molecule has 3 aromatic heterocycles. The first-order valence-electron chi connectivity index (χ1n) is 10.1. The topological polar surface area (TPSA) is 139 Å². The van der Waals surface area contributed by atoms with Crippen LogP contribution in [0.15, 0.2) is 51.8 Å². The van der Waals surface area contributed by atoms with E-state index in [1.54, 1.807) is 6.07 Å².